The smallest absolute Gasteiger partial charge is 0.236 e. The van der Waals surface area contributed by atoms with E-state index in [1.807, 2.05) is 0 Å². The maximum absolute atomic E-state index is 12.2. The molecule has 0 aromatic carbocycles. The molecule has 1 rings (SSSR count). The van der Waals surface area contributed by atoms with E-state index < -0.39 is 5.41 Å². The summed E-state index contributed by atoms with van der Waals surface area (Å²) in [4.78, 5) is 24.5. The quantitative estimate of drug-likeness (QED) is 0.381. The van der Waals surface area contributed by atoms with Crippen LogP contribution in [-0.2, 0) is 9.59 Å². The number of unbranched alkanes of at least 4 members (excludes halogenated alkanes) is 2. The maximum atomic E-state index is 12.2. The summed E-state index contributed by atoms with van der Waals surface area (Å²) < 4.78 is 0. The van der Waals surface area contributed by atoms with Crippen LogP contribution < -0.4 is 10.6 Å². The van der Waals surface area contributed by atoms with Gasteiger partial charge in [-0.25, -0.2) is 0 Å². The molecule has 0 aromatic heterocycles. The first-order chi connectivity index (χ1) is 9.13. The second kappa shape index (κ2) is 7.31. The number of allylic oxidation sites excluding steroid dienone is 1. The number of nitrogens with one attached hydrogen (secondary N) is 2. The monoisotopic (exact) mass is 266 g/mol. The number of carbonyl (C=O) groups is 2. The lowest BCUT2D eigenvalue weighted by Crippen LogP contribution is -2.44. The molecular weight excluding hydrogens is 240 g/mol. The Kier molecular flexibility index (Phi) is 6.06. The standard InChI is InChI=1S/C15H26N2O2/c1-4-7-9-16-13(18)15(11-12(15)6-3)14(19)17-10-8-5-2/h6,12H,3-5,7-11H2,1-2H3,(H,16,18)(H,17,19). The van der Waals surface area contributed by atoms with Gasteiger partial charge in [0.1, 0.15) is 5.41 Å². The molecule has 108 valence electrons. The molecule has 2 amide bonds. The summed E-state index contributed by atoms with van der Waals surface area (Å²) in [5.41, 5.74) is -0.886. The van der Waals surface area contributed by atoms with Crippen molar-refractivity contribution in [2.45, 2.75) is 46.0 Å². The van der Waals surface area contributed by atoms with Gasteiger partial charge in [0.25, 0.3) is 0 Å². The molecule has 0 saturated heterocycles. The van der Waals surface area contributed by atoms with Gasteiger partial charge in [-0.05, 0) is 19.3 Å². The van der Waals surface area contributed by atoms with E-state index in [0.29, 0.717) is 19.5 Å². The lowest BCUT2D eigenvalue weighted by molar-refractivity contribution is -0.137. The molecule has 2 N–H and O–H groups in total. The highest BCUT2D eigenvalue weighted by molar-refractivity contribution is 6.08. The van der Waals surface area contributed by atoms with Crippen molar-refractivity contribution in [1.82, 2.24) is 10.6 Å². The third kappa shape index (κ3) is 3.58. The van der Waals surface area contributed by atoms with Gasteiger partial charge in [0.2, 0.25) is 11.8 Å². The van der Waals surface area contributed by atoms with Crippen LogP contribution in [0.3, 0.4) is 0 Å². The fraction of sp³-hybridized carbons (Fsp3) is 0.733. The second-order valence-corrected chi connectivity index (χ2v) is 5.24. The molecular formula is C15H26N2O2. The Morgan fingerprint density at radius 1 is 1.16 bits per heavy atom. The lowest BCUT2D eigenvalue weighted by atomic mass is 10.0. The zero-order valence-electron chi connectivity index (χ0n) is 12.1. The summed E-state index contributed by atoms with van der Waals surface area (Å²) in [6, 6.07) is 0. The van der Waals surface area contributed by atoms with Crippen molar-refractivity contribution in [3.8, 4) is 0 Å². The molecule has 19 heavy (non-hydrogen) atoms. The molecule has 0 bridgehead atoms. The molecule has 0 aliphatic heterocycles. The van der Waals surface area contributed by atoms with Crippen molar-refractivity contribution in [2.75, 3.05) is 13.1 Å². The Hall–Kier alpha value is -1.32. The molecule has 1 atom stereocenters. The van der Waals surface area contributed by atoms with Gasteiger partial charge in [-0.3, -0.25) is 9.59 Å². The first-order valence-corrected chi connectivity index (χ1v) is 7.32. The van der Waals surface area contributed by atoms with Gasteiger partial charge in [-0.1, -0.05) is 32.8 Å². The van der Waals surface area contributed by atoms with E-state index in [2.05, 4.69) is 31.1 Å². The third-order valence-electron chi connectivity index (χ3n) is 3.74. The van der Waals surface area contributed by atoms with Crippen molar-refractivity contribution in [3.63, 3.8) is 0 Å². The van der Waals surface area contributed by atoms with Crippen LogP contribution in [-0.4, -0.2) is 24.9 Å². The topological polar surface area (TPSA) is 58.2 Å². The molecule has 1 unspecified atom stereocenters. The van der Waals surface area contributed by atoms with Gasteiger partial charge >= 0.3 is 0 Å². The normalized spacial score (nSPS) is 19.6. The molecule has 0 radical (unpaired) electrons. The van der Waals surface area contributed by atoms with Crippen molar-refractivity contribution in [2.24, 2.45) is 11.3 Å². The van der Waals surface area contributed by atoms with Gasteiger partial charge in [-0.15, -0.1) is 6.58 Å². The Balaban J connectivity index is 2.57. The SMILES string of the molecule is C=CC1CC1(C(=O)NCCCC)C(=O)NCCCC. The summed E-state index contributed by atoms with van der Waals surface area (Å²) in [5.74, 6) is -0.296. The van der Waals surface area contributed by atoms with Crippen LogP contribution in [0.5, 0.6) is 0 Å². The van der Waals surface area contributed by atoms with Gasteiger partial charge in [-0.2, -0.15) is 0 Å². The fourth-order valence-electron chi connectivity index (χ4n) is 2.27. The average Bonchev–Trinajstić information content (AvgIpc) is 3.15. The molecule has 0 spiro atoms. The van der Waals surface area contributed by atoms with Gasteiger partial charge in [0.05, 0.1) is 0 Å². The first kappa shape index (κ1) is 15.7. The number of hydrogen-bond donors (Lipinski definition) is 2. The largest absolute Gasteiger partial charge is 0.355 e. The van der Waals surface area contributed by atoms with Gasteiger partial charge in [0.15, 0.2) is 0 Å². The predicted octanol–water partition coefficient (Wildman–Crippen LogP) is 2.01. The maximum Gasteiger partial charge on any atom is 0.236 e. The van der Waals surface area contributed by atoms with E-state index in [0.717, 1.165) is 25.7 Å². The second-order valence-electron chi connectivity index (χ2n) is 5.24. The van der Waals surface area contributed by atoms with Crippen LogP contribution in [0, 0.1) is 11.3 Å². The average molecular weight is 266 g/mol. The number of rotatable bonds is 9. The van der Waals surface area contributed by atoms with Crippen molar-refractivity contribution in [1.29, 1.82) is 0 Å². The van der Waals surface area contributed by atoms with Crippen LogP contribution in [0.25, 0.3) is 0 Å². The predicted molar refractivity (Wildman–Crippen MR) is 76.6 cm³/mol. The molecule has 1 aliphatic rings. The molecule has 4 heteroatoms. The summed E-state index contributed by atoms with van der Waals surface area (Å²) in [6.45, 7) is 9.14. The van der Waals surface area contributed by atoms with E-state index in [1.165, 1.54) is 0 Å². The van der Waals surface area contributed by atoms with E-state index in [9.17, 15) is 9.59 Å². The van der Waals surface area contributed by atoms with Gasteiger partial charge < -0.3 is 10.6 Å². The minimum atomic E-state index is -0.886. The zero-order valence-corrected chi connectivity index (χ0v) is 12.1. The van der Waals surface area contributed by atoms with Crippen molar-refractivity contribution in [3.05, 3.63) is 12.7 Å². The number of amides is 2. The van der Waals surface area contributed by atoms with Crippen LogP contribution >= 0.6 is 0 Å². The molecule has 4 nitrogen and oxygen atoms in total. The zero-order chi connectivity index (χ0) is 14.3. The minimum absolute atomic E-state index is 0.0178. The van der Waals surface area contributed by atoms with E-state index in [4.69, 9.17) is 0 Å². The summed E-state index contributed by atoms with van der Waals surface area (Å²) in [7, 11) is 0. The van der Waals surface area contributed by atoms with Crippen LogP contribution in [0.4, 0.5) is 0 Å². The summed E-state index contributed by atoms with van der Waals surface area (Å²) >= 11 is 0. The highest BCUT2D eigenvalue weighted by Gasteiger charge is 2.63. The lowest BCUT2D eigenvalue weighted by Gasteiger charge is -2.16. The molecule has 1 saturated carbocycles. The highest BCUT2D eigenvalue weighted by atomic mass is 16.2. The fourth-order valence-corrected chi connectivity index (χ4v) is 2.27. The van der Waals surface area contributed by atoms with Gasteiger partial charge in [0, 0.05) is 19.0 Å². The molecule has 1 aliphatic carbocycles. The third-order valence-corrected chi connectivity index (χ3v) is 3.74. The Labute approximate surface area is 116 Å². The van der Waals surface area contributed by atoms with E-state index in [1.54, 1.807) is 6.08 Å². The van der Waals surface area contributed by atoms with Crippen molar-refractivity contribution >= 4 is 11.8 Å². The highest BCUT2D eigenvalue weighted by Crippen LogP contribution is 2.53. The Morgan fingerprint density at radius 3 is 1.95 bits per heavy atom. The van der Waals surface area contributed by atoms with Crippen LogP contribution in [0.1, 0.15) is 46.0 Å². The van der Waals surface area contributed by atoms with Crippen LogP contribution in [0.2, 0.25) is 0 Å². The Morgan fingerprint density at radius 2 is 1.63 bits per heavy atom. The summed E-state index contributed by atoms with van der Waals surface area (Å²) in [6.07, 6.45) is 6.25. The molecule has 1 fully saturated rings. The Bertz CT molecular complexity index is 317. The first-order valence-electron chi connectivity index (χ1n) is 7.32. The molecule has 0 aromatic rings. The van der Waals surface area contributed by atoms with E-state index in [-0.39, 0.29) is 17.7 Å². The van der Waals surface area contributed by atoms with Crippen molar-refractivity contribution < 1.29 is 9.59 Å². The number of hydrogen-bond acceptors (Lipinski definition) is 2. The van der Waals surface area contributed by atoms with E-state index >= 15 is 0 Å². The molecule has 0 heterocycles. The summed E-state index contributed by atoms with van der Waals surface area (Å²) in [5, 5.41) is 5.75. The van der Waals surface area contributed by atoms with Crippen LogP contribution in [0.15, 0.2) is 12.7 Å². The minimum Gasteiger partial charge on any atom is -0.355 e. The number of carbonyl (C=O) groups excluding carboxylic acids is 2.